The lowest BCUT2D eigenvalue weighted by atomic mass is 9.98. The van der Waals surface area contributed by atoms with Crippen LogP contribution in [0.25, 0.3) is 11.1 Å². The molecule has 0 aliphatic rings. The second kappa shape index (κ2) is 7.10. The number of carbonyl (C=O) groups excluding carboxylic acids is 2. The van der Waals surface area contributed by atoms with E-state index in [0.29, 0.717) is 6.07 Å². The van der Waals surface area contributed by atoms with Crippen LogP contribution in [0.2, 0.25) is 5.02 Å². The van der Waals surface area contributed by atoms with Crippen molar-refractivity contribution in [3.8, 4) is 11.1 Å². The van der Waals surface area contributed by atoms with Crippen LogP contribution in [0, 0.1) is 0 Å². The largest absolute Gasteiger partial charge is 0.417 e. The second-order valence-electron chi connectivity index (χ2n) is 5.28. The molecule has 0 fully saturated rings. The van der Waals surface area contributed by atoms with E-state index in [1.54, 1.807) is 5.32 Å². The van der Waals surface area contributed by atoms with E-state index in [9.17, 15) is 35.9 Å². The van der Waals surface area contributed by atoms with Gasteiger partial charge in [-0.1, -0.05) is 23.7 Å². The summed E-state index contributed by atoms with van der Waals surface area (Å²) in [6.45, 7) is 0. The minimum Gasteiger partial charge on any atom is -0.351 e. The maximum Gasteiger partial charge on any atom is 0.417 e. The highest BCUT2D eigenvalue weighted by atomic mass is 35.5. The molecule has 3 N–H and O–H groups in total. The molecule has 3 amide bonds. The Balaban J connectivity index is 2.57. The van der Waals surface area contributed by atoms with E-state index >= 15 is 0 Å². The Morgan fingerprint density at radius 2 is 1.48 bits per heavy atom. The molecule has 0 saturated heterocycles. The summed E-state index contributed by atoms with van der Waals surface area (Å²) in [5.41, 5.74) is 0.937. The average molecular weight is 411 g/mol. The highest BCUT2D eigenvalue weighted by Gasteiger charge is 2.39. The molecule has 4 nitrogen and oxygen atoms in total. The zero-order valence-corrected chi connectivity index (χ0v) is 13.8. The SMILES string of the molecule is NC(=O)NC(=O)c1ccc(-c2cc(C(F)(F)F)cc(C(F)(F)F)c2Cl)cc1. The van der Waals surface area contributed by atoms with Gasteiger partial charge in [0.15, 0.2) is 0 Å². The van der Waals surface area contributed by atoms with Gasteiger partial charge in [-0.25, -0.2) is 4.79 Å². The number of alkyl halides is 6. The first kappa shape index (κ1) is 20.6. The second-order valence-corrected chi connectivity index (χ2v) is 5.65. The van der Waals surface area contributed by atoms with Gasteiger partial charge < -0.3 is 5.73 Å². The third kappa shape index (κ3) is 4.70. The summed E-state index contributed by atoms with van der Waals surface area (Å²) >= 11 is 5.69. The van der Waals surface area contributed by atoms with Crippen molar-refractivity contribution in [1.82, 2.24) is 5.32 Å². The van der Waals surface area contributed by atoms with Crippen molar-refractivity contribution in [3.05, 3.63) is 58.1 Å². The molecule has 0 aliphatic carbocycles. The molecule has 2 aromatic carbocycles. The predicted octanol–water partition coefficient (Wildman–Crippen LogP) is 4.85. The average Bonchev–Trinajstić information content (AvgIpc) is 2.52. The molecule has 27 heavy (non-hydrogen) atoms. The molecule has 0 saturated carbocycles. The van der Waals surface area contributed by atoms with Gasteiger partial charge in [0.2, 0.25) is 0 Å². The first-order chi connectivity index (χ1) is 12.3. The molecule has 0 spiro atoms. The van der Waals surface area contributed by atoms with Gasteiger partial charge in [0.25, 0.3) is 5.91 Å². The van der Waals surface area contributed by atoms with E-state index in [-0.39, 0.29) is 17.2 Å². The number of carbonyl (C=O) groups is 2. The fourth-order valence-electron chi connectivity index (χ4n) is 2.19. The lowest BCUT2D eigenvalue weighted by molar-refractivity contribution is -0.142. The normalized spacial score (nSPS) is 12.0. The van der Waals surface area contributed by atoms with Gasteiger partial charge in [-0.05, 0) is 29.8 Å². The molecule has 2 aromatic rings. The Morgan fingerprint density at radius 3 is 1.93 bits per heavy atom. The van der Waals surface area contributed by atoms with Crippen LogP contribution in [-0.2, 0) is 12.4 Å². The smallest absolute Gasteiger partial charge is 0.351 e. The molecule has 0 bridgehead atoms. The molecule has 11 heteroatoms. The van der Waals surface area contributed by atoms with Crippen LogP contribution in [0.15, 0.2) is 36.4 Å². The number of benzene rings is 2. The third-order valence-electron chi connectivity index (χ3n) is 3.40. The van der Waals surface area contributed by atoms with Gasteiger partial charge in [0.05, 0.1) is 16.1 Å². The number of halogens is 7. The van der Waals surface area contributed by atoms with Crippen molar-refractivity contribution in [1.29, 1.82) is 0 Å². The lowest BCUT2D eigenvalue weighted by Crippen LogP contribution is -2.34. The van der Waals surface area contributed by atoms with Crippen molar-refractivity contribution in [3.63, 3.8) is 0 Å². The number of hydrogen-bond acceptors (Lipinski definition) is 2. The van der Waals surface area contributed by atoms with Gasteiger partial charge in [-0.15, -0.1) is 0 Å². The van der Waals surface area contributed by atoms with E-state index in [4.69, 9.17) is 17.3 Å². The molecule has 0 radical (unpaired) electrons. The highest BCUT2D eigenvalue weighted by molar-refractivity contribution is 6.34. The van der Waals surface area contributed by atoms with Crippen molar-refractivity contribution in [2.45, 2.75) is 12.4 Å². The van der Waals surface area contributed by atoms with Gasteiger partial charge in [-0.3, -0.25) is 10.1 Å². The van der Waals surface area contributed by atoms with E-state index in [1.807, 2.05) is 0 Å². The van der Waals surface area contributed by atoms with Crippen LogP contribution in [0.5, 0.6) is 0 Å². The van der Waals surface area contributed by atoms with Crippen LogP contribution in [0.1, 0.15) is 21.5 Å². The van der Waals surface area contributed by atoms with E-state index in [1.165, 1.54) is 0 Å². The number of imide groups is 1. The summed E-state index contributed by atoms with van der Waals surface area (Å²) in [5, 5.41) is 0.852. The third-order valence-corrected chi connectivity index (χ3v) is 3.81. The van der Waals surface area contributed by atoms with Crippen molar-refractivity contribution in [2.75, 3.05) is 0 Å². The number of nitrogens with one attached hydrogen (secondary N) is 1. The fraction of sp³-hybridized carbons (Fsp3) is 0.125. The molecule has 2 rings (SSSR count). The molecule has 0 heterocycles. The zero-order valence-electron chi connectivity index (χ0n) is 13.0. The maximum atomic E-state index is 13.1. The van der Waals surface area contributed by atoms with Gasteiger partial charge in [0, 0.05) is 11.1 Å². The Bertz CT molecular complexity index is 892. The zero-order chi connectivity index (χ0) is 20.6. The number of amides is 3. The monoisotopic (exact) mass is 410 g/mol. The molecule has 0 aliphatic heterocycles. The first-order valence-electron chi connectivity index (χ1n) is 7.00. The summed E-state index contributed by atoms with van der Waals surface area (Å²) in [5.74, 6) is -0.889. The van der Waals surface area contributed by atoms with Crippen LogP contribution in [0.4, 0.5) is 31.1 Å². The number of primary amides is 1. The first-order valence-corrected chi connectivity index (χ1v) is 7.37. The Hall–Kier alpha value is -2.75. The van der Waals surface area contributed by atoms with Gasteiger partial charge >= 0.3 is 18.4 Å². The summed E-state index contributed by atoms with van der Waals surface area (Å²) in [4.78, 5) is 22.2. The van der Waals surface area contributed by atoms with E-state index < -0.39 is 46.0 Å². The minimum atomic E-state index is -5.10. The summed E-state index contributed by atoms with van der Waals surface area (Å²) in [6.07, 6.45) is -10.1. The molecule has 0 unspecified atom stereocenters. The van der Waals surface area contributed by atoms with E-state index in [2.05, 4.69) is 0 Å². The van der Waals surface area contributed by atoms with Crippen LogP contribution in [0.3, 0.4) is 0 Å². The number of nitrogens with two attached hydrogens (primary N) is 1. The molecular formula is C16H9ClF6N2O2. The fourth-order valence-corrected chi connectivity index (χ4v) is 2.52. The van der Waals surface area contributed by atoms with E-state index in [0.717, 1.165) is 24.3 Å². The molecule has 0 atom stereocenters. The van der Waals surface area contributed by atoms with Crippen molar-refractivity contribution >= 4 is 23.5 Å². The van der Waals surface area contributed by atoms with Crippen LogP contribution < -0.4 is 11.1 Å². The Kier molecular flexibility index (Phi) is 5.41. The van der Waals surface area contributed by atoms with Crippen LogP contribution >= 0.6 is 11.6 Å². The summed E-state index contributed by atoms with van der Waals surface area (Å²) in [6, 6.07) is 3.67. The highest BCUT2D eigenvalue weighted by Crippen LogP contribution is 2.44. The van der Waals surface area contributed by atoms with Crippen molar-refractivity contribution < 1.29 is 35.9 Å². The molecule has 0 aromatic heterocycles. The Morgan fingerprint density at radius 1 is 0.926 bits per heavy atom. The summed E-state index contributed by atoms with van der Waals surface area (Å²) in [7, 11) is 0. The number of urea groups is 1. The quantitative estimate of drug-likeness (QED) is 0.694. The number of hydrogen-bond donors (Lipinski definition) is 2. The van der Waals surface area contributed by atoms with Crippen molar-refractivity contribution in [2.24, 2.45) is 5.73 Å². The van der Waals surface area contributed by atoms with Gasteiger partial charge in [-0.2, -0.15) is 26.3 Å². The predicted molar refractivity (Wildman–Crippen MR) is 83.9 cm³/mol. The van der Waals surface area contributed by atoms with Crippen LogP contribution in [-0.4, -0.2) is 11.9 Å². The van der Waals surface area contributed by atoms with Gasteiger partial charge in [0.1, 0.15) is 0 Å². The standard InChI is InChI=1S/C16H9ClF6N2O2/c17-12-10(5-9(15(18,19)20)6-11(12)16(21,22)23)7-1-3-8(4-2-7)13(26)25-14(24)27/h1-6H,(H3,24,25,26,27). The maximum absolute atomic E-state index is 13.1. The Labute approximate surface area is 152 Å². The summed E-state index contributed by atoms with van der Waals surface area (Å²) < 4.78 is 78.1. The topological polar surface area (TPSA) is 72.2 Å². The number of rotatable bonds is 2. The molecule has 144 valence electrons. The molecular weight excluding hydrogens is 402 g/mol. The lowest BCUT2D eigenvalue weighted by Gasteiger charge is -2.17. The minimum absolute atomic E-state index is 0.0689.